The molecule has 0 fully saturated rings. The molecule has 0 bridgehead atoms. The number of aliphatic carboxylic acids is 1. The van der Waals surface area contributed by atoms with Gasteiger partial charge in [0.15, 0.2) is 0 Å². The van der Waals surface area contributed by atoms with Crippen LogP contribution in [0.1, 0.15) is 5.56 Å². The van der Waals surface area contributed by atoms with Crippen LogP contribution in [-0.2, 0) is 11.2 Å². The molecule has 0 saturated carbocycles. The molecule has 0 atom stereocenters. The number of H-pyrrole nitrogens is 1. The number of hydrogen-bond acceptors (Lipinski definition) is 3. The van der Waals surface area contributed by atoms with E-state index in [1.165, 1.54) is 0 Å². The Kier molecular flexibility index (Phi) is 5.98. The van der Waals surface area contributed by atoms with E-state index in [1.807, 2.05) is 60.8 Å². The molecule has 184 valence electrons. The summed E-state index contributed by atoms with van der Waals surface area (Å²) in [6, 6.07) is 30.9. The third-order valence-corrected chi connectivity index (χ3v) is 6.96. The molecule has 0 unspecified atom stereocenters. The summed E-state index contributed by atoms with van der Waals surface area (Å²) in [7, 11) is 0. The summed E-state index contributed by atoms with van der Waals surface area (Å²) in [5.41, 5.74) is 6.98. The maximum absolute atomic E-state index is 12.9. The van der Waals surface area contributed by atoms with E-state index < -0.39 is 5.97 Å². The van der Waals surface area contributed by atoms with Crippen molar-refractivity contribution in [2.24, 2.45) is 0 Å². The minimum Gasteiger partial charge on any atom is -0.481 e. The van der Waals surface area contributed by atoms with Gasteiger partial charge in [0.05, 0.1) is 17.0 Å². The number of aromatic amines is 1. The van der Waals surface area contributed by atoms with Crippen molar-refractivity contribution >= 4 is 39.4 Å². The number of hydrogen-bond donors (Lipinski definition) is 2. The van der Waals surface area contributed by atoms with Crippen LogP contribution in [-0.4, -0.2) is 21.0 Å². The van der Waals surface area contributed by atoms with E-state index in [9.17, 15) is 9.59 Å². The molecule has 0 aliphatic rings. The van der Waals surface area contributed by atoms with Gasteiger partial charge < -0.3 is 10.1 Å². The number of nitrogens with zero attached hydrogens (tertiary/aromatic N) is 1. The fourth-order valence-corrected chi connectivity index (χ4v) is 5.03. The second kappa shape index (κ2) is 9.61. The van der Waals surface area contributed by atoms with E-state index in [4.69, 9.17) is 16.7 Å². The highest BCUT2D eigenvalue weighted by Gasteiger charge is 2.12. The molecule has 2 aromatic heterocycles. The Hall–Kier alpha value is -4.74. The lowest BCUT2D eigenvalue weighted by atomic mass is 9.97. The summed E-state index contributed by atoms with van der Waals surface area (Å²) < 4.78 is 0. The lowest BCUT2D eigenvalue weighted by Gasteiger charge is -2.10. The minimum absolute atomic E-state index is 0.107. The number of carbonyl (C=O) groups is 1. The van der Waals surface area contributed by atoms with Gasteiger partial charge in [-0.25, -0.2) is 0 Å². The first kappa shape index (κ1) is 23.6. The van der Waals surface area contributed by atoms with Gasteiger partial charge in [-0.3, -0.25) is 14.6 Å². The molecular formula is C32H21ClN2O3. The number of para-hydroxylation sites is 1. The molecule has 2 N–H and O–H groups in total. The molecule has 38 heavy (non-hydrogen) atoms. The van der Waals surface area contributed by atoms with Gasteiger partial charge in [-0.15, -0.1) is 0 Å². The lowest BCUT2D eigenvalue weighted by molar-refractivity contribution is -0.136. The van der Waals surface area contributed by atoms with Crippen LogP contribution >= 0.6 is 11.6 Å². The molecule has 4 aromatic carbocycles. The van der Waals surface area contributed by atoms with Crippen LogP contribution in [0.25, 0.3) is 55.2 Å². The summed E-state index contributed by atoms with van der Waals surface area (Å²) in [4.78, 5) is 31.5. The third kappa shape index (κ3) is 4.56. The minimum atomic E-state index is -0.920. The van der Waals surface area contributed by atoms with Gasteiger partial charge in [-0.1, -0.05) is 78.3 Å². The average Bonchev–Trinajstić information content (AvgIpc) is 2.92. The summed E-state index contributed by atoms with van der Waals surface area (Å²) in [5, 5.41) is 11.6. The van der Waals surface area contributed by atoms with Crippen molar-refractivity contribution in [1.82, 2.24) is 9.97 Å². The molecule has 0 aliphatic heterocycles. The van der Waals surface area contributed by atoms with Gasteiger partial charge >= 0.3 is 5.97 Å². The summed E-state index contributed by atoms with van der Waals surface area (Å²) in [6.07, 6.45) is 1.77. The van der Waals surface area contributed by atoms with Gasteiger partial charge in [-0.2, -0.15) is 0 Å². The first-order chi connectivity index (χ1) is 18.4. The summed E-state index contributed by atoms with van der Waals surface area (Å²) in [5.74, 6) is -0.920. The van der Waals surface area contributed by atoms with E-state index in [0.717, 1.165) is 38.5 Å². The maximum atomic E-state index is 12.9. The van der Waals surface area contributed by atoms with E-state index >= 15 is 0 Å². The maximum Gasteiger partial charge on any atom is 0.307 e. The molecule has 0 amide bonds. The number of halogens is 1. The largest absolute Gasteiger partial charge is 0.481 e. The third-order valence-electron chi connectivity index (χ3n) is 6.64. The van der Waals surface area contributed by atoms with Crippen molar-refractivity contribution in [3.05, 3.63) is 124 Å². The van der Waals surface area contributed by atoms with Crippen LogP contribution in [0.2, 0.25) is 5.02 Å². The van der Waals surface area contributed by atoms with E-state index in [0.29, 0.717) is 27.2 Å². The van der Waals surface area contributed by atoms with Crippen molar-refractivity contribution in [2.75, 3.05) is 0 Å². The van der Waals surface area contributed by atoms with Gasteiger partial charge in [0, 0.05) is 33.8 Å². The molecule has 5 nitrogen and oxygen atoms in total. The molecule has 6 aromatic rings. The van der Waals surface area contributed by atoms with Crippen LogP contribution < -0.4 is 5.56 Å². The summed E-state index contributed by atoms with van der Waals surface area (Å²) >= 11 is 6.65. The highest BCUT2D eigenvalue weighted by atomic mass is 35.5. The smallest absolute Gasteiger partial charge is 0.307 e. The Labute approximate surface area is 223 Å². The van der Waals surface area contributed by atoms with E-state index in [2.05, 4.69) is 22.1 Å². The van der Waals surface area contributed by atoms with Crippen LogP contribution in [0.4, 0.5) is 0 Å². The number of carboxylic acids is 1. The fourth-order valence-electron chi connectivity index (χ4n) is 4.76. The zero-order valence-corrected chi connectivity index (χ0v) is 20.9. The Morgan fingerprint density at radius 2 is 1.53 bits per heavy atom. The van der Waals surface area contributed by atoms with Crippen molar-refractivity contribution in [2.45, 2.75) is 6.42 Å². The Morgan fingerprint density at radius 1 is 0.763 bits per heavy atom. The number of rotatable bonds is 5. The molecule has 0 saturated heterocycles. The molecular weight excluding hydrogens is 496 g/mol. The zero-order chi connectivity index (χ0) is 26.2. The molecule has 2 heterocycles. The number of fused-ring (bicyclic) bond motifs is 2. The fraction of sp³-hybridized carbons (Fsp3) is 0.0312. The summed E-state index contributed by atoms with van der Waals surface area (Å²) in [6.45, 7) is 0. The number of benzene rings is 4. The number of aromatic nitrogens is 2. The van der Waals surface area contributed by atoms with Crippen molar-refractivity contribution < 1.29 is 9.90 Å². The van der Waals surface area contributed by atoms with Crippen molar-refractivity contribution in [3.8, 4) is 33.4 Å². The predicted octanol–water partition coefficient (Wildman–Crippen LogP) is 7.36. The predicted molar refractivity (Wildman–Crippen MR) is 153 cm³/mol. The monoisotopic (exact) mass is 516 g/mol. The number of pyridine rings is 2. The van der Waals surface area contributed by atoms with Crippen LogP contribution in [0.5, 0.6) is 0 Å². The van der Waals surface area contributed by atoms with Crippen LogP contribution in [0.3, 0.4) is 0 Å². The Balaban J connectivity index is 1.38. The van der Waals surface area contributed by atoms with Crippen molar-refractivity contribution in [3.63, 3.8) is 0 Å². The van der Waals surface area contributed by atoms with Gasteiger partial charge in [-0.05, 0) is 58.0 Å². The topological polar surface area (TPSA) is 83.0 Å². The van der Waals surface area contributed by atoms with Gasteiger partial charge in [0.1, 0.15) is 0 Å². The Bertz CT molecular complexity index is 1910. The average molecular weight is 517 g/mol. The number of carboxylic acid groups (broad SMARTS) is 1. The normalized spacial score (nSPS) is 11.2. The van der Waals surface area contributed by atoms with E-state index in [1.54, 1.807) is 30.3 Å². The zero-order valence-electron chi connectivity index (χ0n) is 20.1. The SMILES string of the molecule is O=C(O)Cc1cccc(-c2cc3cc(-c4ccc(-c5cnc6ccccc6c5)cc4)c(Cl)cc3[nH]c2=O)c1. The highest BCUT2D eigenvalue weighted by Crippen LogP contribution is 2.34. The van der Waals surface area contributed by atoms with Crippen molar-refractivity contribution in [1.29, 1.82) is 0 Å². The Morgan fingerprint density at radius 3 is 2.34 bits per heavy atom. The second-order valence-electron chi connectivity index (χ2n) is 9.20. The first-order valence-corrected chi connectivity index (χ1v) is 12.5. The molecule has 6 rings (SSSR count). The van der Waals surface area contributed by atoms with Gasteiger partial charge in [0.2, 0.25) is 0 Å². The lowest BCUT2D eigenvalue weighted by Crippen LogP contribution is -2.09. The van der Waals surface area contributed by atoms with E-state index in [-0.39, 0.29) is 12.0 Å². The van der Waals surface area contributed by atoms with Crippen LogP contribution in [0.15, 0.2) is 108 Å². The number of nitrogens with one attached hydrogen (secondary N) is 1. The molecule has 0 spiro atoms. The second-order valence-corrected chi connectivity index (χ2v) is 9.60. The van der Waals surface area contributed by atoms with Crippen LogP contribution in [0, 0.1) is 0 Å². The highest BCUT2D eigenvalue weighted by molar-refractivity contribution is 6.34. The molecule has 0 radical (unpaired) electrons. The quantitative estimate of drug-likeness (QED) is 0.251. The molecule has 0 aliphatic carbocycles. The molecule has 6 heteroatoms. The standard InChI is InChI=1S/C32H21ClN2O3/c33-28-17-30-24(16-27(32(38)35-30)22-6-3-4-19(12-22)13-31(36)37)15-26(28)21-10-8-20(9-11-21)25-14-23-5-1-2-7-29(23)34-18-25/h1-12,14-18H,13H2,(H,35,38)(H,36,37). The van der Waals surface area contributed by atoms with Gasteiger partial charge in [0.25, 0.3) is 5.56 Å². The first-order valence-electron chi connectivity index (χ1n) is 12.1.